The third-order valence-corrected chi connectivity index (χ3v) is 3.04. The Morgan fingerprint density at radius 3 is 2.73 bits per heavy atom. The van der Waals surface area contributed by atoms with E-state index in [4.69, 9.17) is 5.73 Å². The van der Waals surface area contributed by atoms with Crippen molar-refractivity contribution in [3.63, 3.8) is 0 Å². The lowest BCUT2D eigenvalue weighted by molar-refractivity contribution is 0.794. The number of benzene rings is 1. The number of hydrogen-bond acceptors (Lipinski definition) is 2. The summed E-state index contributed by atoms with van der Waals surface area (Å²) in [6, 6.07) is 4.27. The molecule has 0 aliphatic carbocycles. The van der Waals surface area contributed by atoms with Crippen molar-refractivity contribution in [2.45, 2.75) is 20.3 Å². The molecule has 1 aromatic heterocycles. The Balaban J connectivity index is 2.70. The van der Waals surface area contributed by atoms with E-state index in [-0.39, 0.29) is 0 Å². The highest BCUT2D eigenvalue weighted by Gasteiger charge is 2.09. The van der Waals surface area contributed by atoms with Gasteiger partial charge < -0.3 is 10.3 Å². The zero-order valence-electron chi connectivity index (χ0n) is 9.54. The smallest absolute Gasteiger partial charge is 0.110 e. The van der Waals surface area contributed by atoms with E-state index in [1.807, 2.05) is 0 Å². The fraction of sp³-hybridized carbons (Fsp3) is 0.417. The van der Waals surface area contributed by atoms with Gasteiger partial charge in [-0.15, -0.1) is 0 Å². The predicted molar refractivity (Wildman–Crippen MR) is 62.9 cm³/mol. The number of imidazole rings is 1. The maximum Gasteiger partial charge on any atom is 0.110 e. The molecule has 0 saturated carbocycles. The van der Waals surface area contributed by atoms with Crippen molar-refractivity contribution in [2.24, 2.45) is 12.8 Å². The maximum atomic E-state index is 5.57. The zero-order valence-corrected chi connectivity index (χ0v) is 9.54. The second-order valence-electron chi connectivity index (χ2n) is 4.00. The third kappa shape index (κ3) is 1.53. The van der Waals surface area contributed by atoms with Gasteiger partial charge in [0.25, 0.3) is 0 Å². The van der Waals surface area contributed by atoms with Crippen LogP contribution in [0.25, 0.3) is 11.0 Å². The first-order valence-electron chi connectivity index (χ1n) is 5.26. The van der Waals surface area contributed by atoms with Crippen LogP contribution in [-0.2, 0) is 13.5 Å². The number of rotatable bonds is 2. The van der Waals surface area contributed by atoms with E-state index in [0.29, 0.717) is 6.54 Å². The standard InChI is InChI=1S/C12H17N3/c1-8-4-5-10-12(9(8)2)14-11(6-7-13)15(10)3/h4-5H,6-7,13H2,1-3H3. The lowest BCUT2D eigenvalue weighted by Gasteiger charge is -2.01. The number of fused-ring (bicyclic) bond motifs is 1. The number of aryl methyl sites for hydroxylation is 3. The van der Waals surface area contributed by atoms with Crippen LogP contribution in [0.4, 0.5) is 0 Å². The van der Waals surface area contributed by atoms with E-state index in [2.05, 4.69) is 42.6 Å². The Morgan fingerprint density at radius 1 is 1.33 bits per heavy atom. The molecule has 0 aliphatic heterocycles. The molecule has 3 heteroatoms. The van der Waals surface area contributed by atoms with Gasteiger partial charge in [-0.25, -0.2) is 4.98 Å². The van der Waals surface area contributed by atoms with E-state index in [1.165, 1.54) is 16.6 Å². The van der Waals surface area contributed by atoms with Gasteiger partial charge in [0.2, 0.25) is 0 Å². The summed E-state index contributed by atoms with van der Waals surface area (Å²) < 4.78 is 2.13. The predicted octanol–water partition coefficient (Wildman–Crippen LogP) is 1.69. The van der Waals surface area contributed by atoms with Crippen molar-refractivity contribution < 1.29 is 0 Å². The van der Waals surface area contributed by atoms with Crippen LogP contribution < -0.4 is 5.73 Å². The second-order valence-corrected chi connectivity index (χ2v) is 4.00. The average molecular weight is 203 g/mol. The molecule has 0 atom stereocenters. The number of aromatic nitrogens is 2. The van der Waals surface area contributed by atoms with Crippen LogP contribution in [0.5, 0.6) is 0 Å². The topological polar surface area (TPSA) is 43.8 Å². The maximum absolute atomic E-state index is 5.57. The zero-order chi connectivity index (χ0) is 11.0. The van der Waals surface area contributed by atoms with Gasteiger partial charge in [-0.05, 0) is 37.6 Å². The highest BCUT2D eigenvalue weighted by molar-refractivity contribution is 5.80. The van der Waals surface area contributed by atoms with Crippen LogP contribution in [0.1, 0.15) is 17.0 Å². The third-order valence-electron chi connectivity index (χ3n) is 3.04. The van der Waals surface area contributed by atoms with Gasteiger partial charge in [0.15, 0.2) is 0 Å². The molecule has 3 nitrogen and oxygen atoms in total. The molecule has 0 aliphatic rings. The average Bonchev–Trinajstić information content (AvgIpc) is 2.52. The molecular formula is C12H17N3. The van der Waals surface area contributed by atoms with Crippen LogP contribution in [0.3, 0.4) is 0 Å². The molecule has 15 heavy (non-hydrogen) atoms. The minimum absolute atomic E-state index is 0.648. The molecule has 0 bridgehead atoms. The van der Waals surface area contributed by atoms with Crippen molar-refractivity contribution in [1.82, 2.24) is 9.55 Å². The summed E-state index contributed by atoms with van der Waals surface area (Å²) in [6.45, 7) is 4.89. The molecule has 0 fully saturated rings. The van der Waals surface area contributed by atoms with Crippen molar-refractivity contribution in [3.05, 3.63) is 29.1 Å². The summed E-state index contributed by atoms with van der Waals surface area (Å²) in [6.07, 6.45) is 0.837. The molecule has 1 aromatic carbocycles. The van der Waals surface area contributed by atoms with Crippen LogP contribution in [0, 0.1) is 13.8 Å². The van der Waals surface area contributed by atoms with Gasteiger partial charge in [0.1, 0.15) is 5.82 Å². The monoisotopic (exact) mass is 203 g/mol. The van der Waals surface area contributed by atoms with Crippen molar-refractivity contribution >= 4 is 11.0 Å². The molecule has 0 radical (unpaired) electrons. The number of hydrogen-bond donors (Lipinski definition) is 1. The van der Waals surface area contributed by atoms with Gasteiger partial charge >= 0.3 is 0 Å². The van der Waals surface area contributed by atoms with Gasteiger partial charge in [-0.2, -0.15) is 0 Å². The van der Waals surface area contributed by atoms with Crippen LogP contribution >= 0.6 is 0 Å². The highest BCUT2D eigenvalue weighted by atomic mass is 15.1. The molecule has 2 rings (SSSR count). The van der Waals surface area contributed by atoms with E-state index in [9.17, 15) is 0 Å². The van der Waals surface area contributed by atoms with E-state index in [0.717, 1.165) is 17.8 Å². The van der Waals surface area contributed by atoms with Gasteiger partial charge in [-0.1, -0.05) is 6.07 Å². The first kappa shape index (κ1) is 10.2. The Hall–Kier alpha value is -1.35. The number of nitrogens with zero attached hydrogens (tertiary/aromatic N) is 2. The van der Waals surface area contributed by atoms with E-state index < -0.39 is 0 Å². The van der Waals surface area contributed by atoms with Crippen molar-refractivity contribution in [1.29, 1.82) is 0 Å². The Bertz CT molecular complexity index is 497. The Morgan fingerprint density at radius 2 is 2.07 bits per heavy atom. The largest absolute Gasteiger partial charge is 0.331 e. The molecule has 2 N–H and O–H groups in total. The van der Waals surface area contributed by atoms with Gasteiger partial charge in [-0.3, -0.25) is 0 Å². The lowest BCUT2D eigenvalue weighted by atomic mass is 10.1. The van der Waals surface area contributed by atoms with Gasteiger partial charge in [0.05, 0.1) is 11.0 Å². The van der Waals surface area contributed by atoms with Crippen molar-refractivity contribution in [2.75, 3.05) is 6.54 Å². The van der Waals surface area contributed by atoms with Gasteiger partial charge in [0, 0.05) is 13.5 Å². The lowest BCUT2D eigenvalue weighted by Crippen LogP contribution is -2.07. The van der Waals surface area contributed by atoms with E-state index in [1.54, 1.807) is 0 Å². The molecule has 0 spiro atoms. The minimum atomic E-state index is 0.648. The molecule has 1 heterocycles. The quantitative estimate of drug-likeness (QED) is 0.807. The molecule has 80 valence electrons. The minimum Gasteiger partial charge on any atom is -0.331 e. The fourth-order valence-electron chi connectivity index (χ4n) is 1.89. The van der Waals surface area contributed by atoms with Crippen LogP contribution in [0.2, 0.25) is 0 Å². The summed E-state index contributed by atoms with van der Waals surface area (Å²) >= 11 is 0. The highest BCUT2D eigenvalue weighted by Crippen LogP contribution is 2.21. The normalized spacial score (nSPS) is 11.2. The van der Waals surface area contributed by atoms with Crippen LogP contribution in [0.15, 0.2) is 12.1 Å². The van der Waals surface area contributed by atoms with Crippen LogP contribution in [-0.4, -0.2) is 16.1 Å². The summed E-state index contributed by atoms with van der Waals surface area (Å²) in [4.78, 5) is 4.65. The summed E-state index contributed by atoms with van der Waals surface area (Å²) in [5.74, 6) is 1.07. The number of nitrogens with two attached hydrogens (primary N) is 1. The molecule has 0 saturated heterocycles. The SMILES string of the molecule is Cc1ccc2c(nc(CCN)n2C)c1C. The summed E-state index contributed by atoms with van der Waals surface area (Å²) in [5.41, 5.74) is 10.4. The molecule has 0 amide bonds. The second kappa shape index (κ2) is 3.66. The molecule has 0 unspecified atom stereocenters. The Labute approximate surface area is 89.9 Å². The van der Waals surface area contributed by atoms with Crippen molar-refractivity contribution in [3.8, 4) is 0 Å². The molecule has 2 aromatic rings. The summed E-state index contributed by atoms with van der Waals surface area (Å²) in [7, 11) is 2.05. The molecular weight excluding hydrogens is 186 g/mol. The van der Waals surface area contributed by atoms with E-state index >= 15 is 0 Å². The first-order valence-corrected chi connectivity index (χ1v) is 5.26. The first-order chi connectivity index (χ1) is 7.15. The fourth-order valence-corrected chi connectivity index (χ4v) is 1.89. The summed E-state index contributed by atoms with van der Waals surface area (Å²) in [5, 5.41) is 0. The Kier molecular flexibility index (Phi) is 2.49.